The molecule has 1 aliphatic heterocycles. The van der Waals surface area contributed by atoms with Crippen LogP contribution in [0.5, 0.6) is 5.88 Å². The maximum Gasteiger partial charge on any atom is 0.273 e. The van der Waals surface area contributed by atoms with Crippen molar-refractivity contribution in [2.45, 2.75) is 12.8 Å². The minimum absolute atomic E-state index is 0.0977. The number of nitrogens with two attached hydrogens (primary N) is 1. The Balaban J connectivity index is 2.00. The van der Waals surface area contributed by atoms with Crippen LogP contribution in [0.15, 0.2) is 60.0 Å². The van der Waals surface area contributed by atoms with Gasteiger partial charge in [-0.05, 0) is 25.1 Å². The lowest BCUT2D eigenvalue weighted by Gasteiger charge is -2.24. The minimum Gasteiger partial charge on any atom is -0.422 e. The number of nitro groups is 1. The Morgan fingerprint density at radius 3 is 2.76 bits per heavy atom. The topological polar surface area (TPSA) is 120 Å². The third kappa shape index (κ3) is 2.98. The molecular weight excluding hydrogens is 394 g/mol. The fourth-order valence-electron chi connectivity index (χ4n) is 3.51. The molecule has 1 aromatic heterocycles. The number of nitrogens with zero attached hydrogens (tertiary/aromatic N) is 4. The zero-order chi connectivity index (χ0) is 20.7. The molecular formula is C20H14ClN5O3. The number of ether oxygens (including phenoxy) is 1. The van der Waals surface area contributed by atoms with Gasteiger partial charge in [-0.2, -0.15) is 10.4 Å². The molecule has 4 rings (SSSR count). The number of fused-ring (bicyclic) bond motifs is 1. The van der Waals surface area contributed by atoms with Gasteiger partial charge >= 0.3 is 0 Å². The molecule has 0 fully saturated rings. The van der Waals surface area contributed by atoms with Crippen molar-refractivity contribution in [2.75, 3.05) is 0 Å². The number of nitriles is 1. The van der Waals surface area contributed by atoms with E-state index in [1.165, 1.54) is 10.7 Å². The number of halogens is 1. The normalized spacial score (nSPS) is 15.4. The van der Waals surface area contributed by atoms with Crippen LogP contribution < -0.4 is 10.5 Å². The van der Waals surface area contributed by atoms with E-state index >= 15 is 0 Å². The standard InChI is InChI=1S/C20H14ClN5O3/c1-11-17-18(14-7-2-3-8-16(14)26(27)28)15(10-22)19(23)29-20(17)25(24-11)13-6-4-5-12(21)9-13/h2-9,18H,23H2,1H3/t18-/m1/s1. The van der Waals surface area contributed by atoms with Crippen LogP contribution >= 0.6 is 11.6 Å². The van der Waals surface area contributed by atoms with Crippen molar-refractivity contribution in [3.63, 3.8) is 0 Å². The zero-order valence-corrected chi connectivity index (χ0v) is 15.9. The van der Waals surface area contributed by atoms with E-state index in [1.54, 1.807) is 49.4 Å². The van der Waals surface area contributed by atoms with Crippen molar-refractivity contribution < 1.29 is 9.66 Å². The van der Waals surface area contributed by atoms with Gasteiger partial charge in [-0.1, -0.05) is 35.9 Å². The first kappa shape index (κ1) is 18.5. The summed E-state index contributed by atoms with van der Waals surface area (Å²) in [6.45, 7) is 1.75. The number of aromatic nitrogens is 2. The molecule has 1 aliphatic rings. The molecule has 0 saturated heterocycles. The smallest absolute Gasteiger partial charge is 0.273 e. The fourth-order valence-corrected chi connectivity index (χ4v) is 3.69. The van der Waals surface area contributed by atoms with Crippen molar-refractivity contribution in [3.8, 4) is 17.6 Å². The average molecular weight is 408 g/mol. The van der Waals surface area contributed by atoms with Crippen molar-refractivity contribution in [3.05, 3.63) is 91.9 Å². The molecule has 2 heterocycles. The number of hydrogen-bond acceptors (Lipinski definition) is 6. The lowest BCUT2D eigenvalue weighted by atomic mass is 9.83. The Morgan fingerprint density at radius 2 is 2.07 bits per heavy atom. The summed E-state index contributed by atoms with van der Waals surface area (Å²) in [6, 6.07) is 15.3. The molecule has 0 bridgehead atoms. The molecule has 29 heavy (non-hydrogen) atoms. The summed E-state index contributed by atoms with van der Waals surface area (Å²) in [4.78, 5) is 11.1. The van der Waals surface area contributed by atoms with Gasteiger partial charge in [-0.15, -0.1) is 0 Å². The Bertz CT molecular complexity index is 1230. The Morgan fingerprint density at radius 1 is 1.31 bits per heavy atom. The number of benzene rings is 2. The Kier molecular flexibility index (Phi) is 4.45. The van der Waals surface area contributed by atoms with E-state index in [-0.39, 0.29) is 17.1 Å². The van der Waals surface area contributed by atoms with E-state index in [0.29, 0.717) is 33.4 Å². The molecule has 144 valence electrons. The van der Waals surface area contributed by atoms with Crippen LogP contribution in [0, 0.1) is 28.4 Å². The summed E-state index contributed by atoms with van der Waals surface area (Å²) in [5.41, 5.74) is 8.11. The van der Waals surface area contributed by atoms with Gasteiger partial charge in [0.25, 0.3) is 5.69 Å². The van der Waals surface area contributed by atoms with E-state index < -0.39 is 10.8 Å². The van der Waals surface area contributed by atoms with Gasteiger partial charge in [0.2, 0.25) is 11.8 Å². The highest BCUT2D eigenvalue weighted by molar-refractivity contribution is 6.30. The number of para-hydroxylation sites is 1. The molecule has 3 aromatic rings. The van der Waals surface area contributed by atoms with E-state index in [4.69, 9.17) is 22.1 Å². The van der Waals surface area contributed by atoms with E-state index in [9.17, 15) is 15.4 Å². The third-order valence-electron chi connectivity index (χ3n) is 4.73. The fraction of sp³-hybridized carbons (Fsp3) is 0.100. The predicted molar refractivity (Wildman–Crippen MR) is 106 cm³/mol. The second kappa shape index (κ2) is 6.96. The molecule has 0 saturated carbocycles. The summed E-state index contributed by atoms with van der Waals surface area (Å²) >= 11 is 6.11. The van der Waals surface area contributed by atoms with Crippen molar-refractivity contribution >= 4 is 17.3 Å². The maximum atomic E-state index is 11.6. The highest BCUT2D eigenvalue weighted by Crippen LogP contribution is 2.46. The van der Waals surface area contributed by atoms with Gasteiger partial charge in [-0.25, -0.2) is 4.68 Å². The van der Waals surface area contributed by atoms with Gasteiger partial charge in [0, 0.05) is 16.7 Å². The van der Waals surface area contributed by atoms with Crippen molar-refractivity contribution in [2.24, 2.45) is 5.73 Å². The van der Waals surface area contributed by atoms with Gasteiger partial charge in [0.1, 0.15) is 11.6 Å². The van der Waals surface area contributed by atoms with Crippen molar-refractivity contribution in [1.82, 2.24) is 9.78 Å². The first-order chi connectivity index (χ1) is 13.9. The lowest BCUT2D eigenvalue weighted by molar-refractivity contribution is -0.385. The lowest BCUT2D eigenvalue weighted by Crippen LogP contribution is -2.22. The molecule has 0 aliphatic carbocycles. The van der Waals surface area contributed by atoms with Crippen LogP contribution in [0.4, 0.5) is 5.69 Å². The summed E-state index contributed by atoms with van der Waals surface area (Å²) in [5, 5.41) is 26.4. The monoisotopic (exact) mass is 407 g/mol. The molecule has 2 aromatic carbocycles. The van der Waals surface area contributed by atoms with Crippen LogP contribution in [-0.2, 0) is 0 Å². The molecule has 0 unspecified atom stereocenters. The first-order valence-corrected chi connectivity index (χ1v) is 8.96. The van der Waals surface area contributed by atoms with Crippen LogP contribution in [0.2, 0.25) is 5.02 Å². The second-order valence-corrected chi connectivity index (χ2v) is 6.87. The molecule has 2 N–H and O–H groups in total. The SMILES string of the molecule is Cc1nn(-c2cccc(Cl)c2)c2c1[C@H](c1ccccc1[N+](=O)[O-])C(C#N)=C(N)O2. The summed E-state index contributed by atoms with van der Waals surface area (Å²) < 4.78 is 7.28. The number of aryl methyl sites for hydroxylation is 1. The molecule has 0 spiro atoms. The predicted octanol–water partition coefficient (Wildman–Crippen LogP) is 3.96. The summed E-state index contributed by atoms with van der Waals surface area (Å²) in [5.74, 6) is -0.603. The average Bonchev–Trinajstić information content (AvgIpc) is 3.03. The van der Waals surface area contributed by atoms with Gasteiger partial charge < -0.3 is 10.5 Å². The number of nitro benzene ring substituents is 1. The number of rotatable bonds is 3. The zero-order valence-electron chi connectivity index (χ0n) is 15.2. The van der Waals surface area contributed by atoms with Gasteiger partial charge in [0.05, 0.1) is 27.8 Å². The van der Waals surface area contributed by atoms with Crippen LogP contribution in [0.3, 0.4) is 0 Å². The van der Waals surface area contributed by atoms with Gasteiger partial charge in [-0.3, -0.25) is 10.1 Å². The molecule has 0 amide bonds. The third-order valence-corrected chi connectivity index (χ3v) is 4.96. The van der Waals surface area contributed by atoms with E-state index in [2.05, 4.69) is 5.10 Å². The minimum atomic E-state index is -0.779. The van der Waals surface area contributed by atoms with Crippen LogP contribution in [-0.4, -0.2) is 14.7 Å². The number of hydrogen-bond donors (Lipinski definition) is 1. The Hall–Kier alpha value is -3.83. The molecule has 0 radical (unpaired) electrons. The van der Waals surface area contributed by atoms with E-state index in [0.717, 1.165) is 0 Å². The molecule has 9 heteroatoms. The largest absolute Gasteiger partial charge is 0.422 e. The molecule has 1 atom stereocenters. The van der Waals surface area contributed by atoms with E-state index in [1.807, 2.05) is 6.07 Å². The van der Waals surface area contributed by atoms with Crippen LogP contribution in [0.25, 0.3) is 5.69 Å². The van der Waals surface area contributed by atoms with Crippen molar-refractivity contribution in [1.29, 1.82) is 5.26 Å². The molecule has 8 nitrogen and oxygen atoms in total. The quantitative estimate of drug-likeness (QED) is 0.518. The maximum absolute atomic E-state index is 11.6. The second-order valence-electron chi connectivity index (χ2n) is 6.44. The summed E-state index contributed by atoms with van der Waals surface area (Å²) in [6.07, 6.45) is 0. The number of allylic oxidation sites excluding steroid dienone is 1. The summed E-state index contributed by atoms with van der Waals surface area (Å²) in [7, 11) is 0. The Labute approximate surface area is 170 Å². The first-order valence-electron chi connectivity index (χ1n) is 8.58. The van der Waals surface area contributed by atoms with Gasteiger partial charge in [0.15, 0.2) is 0 Å². The van der Waals surface area contributed by atoms with Crippen LogP contribution in [0.1, 0.15) is 22.7 Å². The highest BCUT2D eigenvalue weighted by atomic mass is 35.5. The highest BCUT2D eigenvalue weighted by Gasteiger charge is 2.39.